The molecular weight excluding hydrogens is 328 g/mol. The largest absolute Gasteiger partial charge is 0.342 e. The quantitative estimate of drug-likeness (QED) is 0.781. The Morgan fingerprint density at radius 3 is 2.65 bits per heavy atom. The Balaban J connectivity index is 1.48. The van der Waals surface area contributed by atoms with Crippen molar-refractivity contribution < 1.29 is 14.4 Å². The minimum Gasteiger partial charge on any atom is -0.342 e. The highest BCUT2D eigenvalue weighted by molar-refractivity contribution is 6.00. The van der Waals surface area contributed by atoms with Gasteiger partial charge in [-0.1, -0.05) is 12.1 Å². The van der Waals surface area contributed by atoms with Crippen LogP contribution in [0.3, 0.4) is 0 Å². The summed E-state index contributed by atoms with van der Waals surface area (Å²) in [5, 5.41) is 0. The number of hydrogen-bond donors (Lipinski definition) is 0. The molecule has 3 aliphatic rings. The fourth-order valence-corrected chi connectivity index (χ4v) is 4.42. The third-order valence-corrected chi connectivity index (χ3v) is 6.16. The maximum atomic E-state index is 13.1. The predicted molar refractivity (Wildman–Crippen MR) is 97.9 cm³/mol. The zero-order valence-electron chi connectivity index (χ0n) is 15.4. The Hall–Kier alpha value is -2.17. The topological polar surface area (TPSA) is 57.7 Å². The highest BCUT2D eigenvalue weighted by Gasteiger charge is 2.50. The first-order chi connectivity index (χ1) is 12.5. The van der Waals surface area contributed by atoms with Crippen LogP contribution >= 0.6 is 0 Å². The van der Waals surface area contributed by atoms with Crippen LogP contribution in [0.15, 0.2) is 24.3 Å². The number of piperidine rings is 1. The molecule has 2 aliphatic heterocycles. The van der Waals surface area contributed by atoms with Crippen LogP contribution in [0.4, 0.5) is 0 Å². The van der Waals surface area contributed by atoms with Gasteiger partial charge in [0.15, 0.2) is 5.78 Å². The molecule has 2 amide bonds. The number of amides is 2. The van der Waals surface area contributed by atoms with Crippen LogP contribution < -0.4 is 0 Å². The van der Waals surface area contributed by atoms with E-state index in [-0.39, 0.29) is 23.0 Å². The Morgan fingerprint density at radius 1 is 1.15 bits per heavy atom. The Bertz CT molecular complexity index is 755. The van der Waals surface area contributed by atoms with E-state index in [2.05, 4.69) is 0 Å². The molecule has 5 heteroatoms. The summed E-state index contributed by atoms with van der Waals surface area (Å²) >= 11 is 0. The van der Waals surface area contributed by atoms with Gasteiger partial charge in [0, 0.05) is 37.3 Å². The van der Waals surface area contributed by atoms with Crippen molar-refractivity contribution in [1.82, 2.24) is 9.80 Å². The van der Waals surface area contributed by atoms with E-state index in [4.69, 9.17) is 0 Å². The molecule has 138 valence electrons. The number of carbonyl (C=O) groups is 3. The maximum absolute atomic E-state index is 13.1. The summed E-state index contributed by atoms with van der Waals surface area (Å²) < 4.78 is 0. The number of rotatable bonds is 4. The van der Waals surface area contributed by atoms with Crippen LogP contribution in [0, 0.1) is 11.3 Å². The van der Waals surface area contributed by atoms with Crippen molar-refractivity contribution in [3.8, 4) is 0 Å². The second-order valence-electron chi connectivity index (χ2n) is 8.19. The standard InChI is InChI=1S/C21H26N2O3/c1-15(24)17-4-2-5-18(12-17)19(25)23-11-9-21(14-23)8-3-10-22(20(21)26)13-16-6-7-16/h2,4-5,12,16H,3,6-11,13-14H2,1H3. The molecule has 0 bridgehead atoms. The van der Waals surface area contributed by atoms with Crippen molar-refractivity contribution in [2.75, 3.05) is 26.2 Å². The molecule has 1 aliphatic carbocycles. The summed E-state index contributed by atoms with van der Waals surface area (Å²) in [5.41, 5.74) is 0.697. The molecule has 1 spiro atoms. The molecule has 1 aromatic carbocycles. The van der Waals surface area contributed by atoms with Crippen LogP contribution in [-0.2, 0) is 4.79 Å². The van der Waals surface area contributed by atoms with Crippen LogP contribution in [-0.4, -0.2) is 53.6 Å². The molecular formula is C21H26N2O3. The number of Topliss-reactive ketones (excluding diaryl/α,β-unsaturated/α-hetero) is 1. The third kappa shape index (κ3) is 3.15. The second-order valence-corrected chi connectivity index (χ2v) is 8.19. The van der Waals surface area contributed by atoms with E-state index in [1.165, 1.54) is 19.8 Å². The summed E-state index contributed by atoms with van der Waals surface area (Å²) in [6, 6.07) is 6.89. The van der Waals surface area contributed by atoms with Crippen LogP contribution in [0.2, 0.25) is 0 Å². The molecule has 2 heterocycles. The van der Waals surface area contributed by atoms with Crippen molar-refractivity contribution in [2.24, 2.45) is 11.3 Å². The average molecular weight is 354 g/mol. The van der Waals surface area contributed by atoms with Gasteiger partial charge in [-0.2, -0.15) is 0 Å². The average Bonchev–Trinajstić information content (AvgIpc) is 3.36. The van der Waals surface area contributed by atoms with Crippen molar-refractivity contribution in [2.45, 2.75) is 39.0 Å². The Labute approximate surface area is 154 Å². The van der Waals surface area contributed by atoms with Gasteiger partial charge in [-0.15, -0.1) is 0 Å². The summed E-state index contributed by atoms with van der Waals surface area (Å²) in [4.78, 5) is 41.4. The Kier molecular flexibility index (Phi) is 4.33. The molecule has 26 heavy (non-hydrogen) atoms. The lowest BCUT2D eigenvalue weighted by Gasteiger charge is -2.39. The van der Waals surface area contributed by atoms with E-state index >= 15 is 0 Å². The number of likely N-dealkylation sites (tertiary alicyclic amines) is 2. The van der Waals surface area contributed by atoms with Gasteiger partial charge in [0.25, 0.3) is 5.91 Å². The van der Waals surface area contributed by atoms with E-state index < -0.39 is 0 Å². The van der Waals surface area contributed by atoms with Gasteiger partial charge in [0.1, 0.15) is 0 Å². The number of hydrogen-bond acceptors (Lipinski definition) is 3. The molecule has 2 saturated heterocycles. The first-order valence-corrected chi connectivity index (χ1v) is 9.68. The first-order valence-electron chi connectivity index (χ1n) is 9.68. The number of carbonyl (C=O) groups excluding carboxylic acids is 3. The molecule has 1 aromatic rings. The lowest BCUT2D eigenvalue weighted by molar-refractivity contribution is -0.145. The number of ketones is 1. The summed E-state index contributed by atoms with van der Waals surface area (Å²) in [6.07, 6.45) is 5.15. The smallest absolute Gasteiger partial charge is 0.253 e. The van der Waals surface area contributed by atoms with Crippen molar-refractivity contribution in [1.29, 1.82) is 0 Å². The minimum atomic E-state index is -0.388. The van der Waals surface area contributed by atoms with Gasteiger partial charge in [-0.25, -0.2) is 0 Å². The molecule has 3 fully saturated rings. The SMILES string of the molecule is CC(=O)c1cccc(C(=O)N2CCC3(CCCN(CC4CC4)C3=O)C2)c1. The second kappa shape index (κ2) is 6.53. The van der Waals surface area contributed by atoms with Crippen LogP contribution in [0.5, 0.6) is 0 Å². The zero-order chi connectivity index (χ0) is 18.3. The van der Waals surface area contributed by atoms with Crippen molar-refractivity contribution >= 4 is 17.6 Å². The molecule has 4 rings (SSSR count). The first kappa shape index (κ1) is 17.3. The molecule has 0 N–H and O–H groups in total. The van der Waals surface area contributed by atoms with Crippen LogP contribution in [0.1, 0.15) is 59.7 Å². The van der Waals surface area contributed by atoms with E-state index in [1.54, 1.807) is 29.2 Å². The normalized spacial score (nSPS) is 25.8. The Morgan fingerprint density at radius 2 is 1.92 bits per heavy atom. The maximum Gasteiger partial charge on any atom is 0.253 e. The lowest BCUT2D eigenvalue weighted by Crippen LogP contribution is -2.50. The molecule has 1 saturated carbocycles. The van der Waals surface area contributed by atoms with Gasteiger partial charge in [0.2, 0.25) is 5.91 Å². The monoisotopic (exact) mass is 354 g/mol. The zero-order valence-corrected chi connectivity index (χ0v) is 15.4. The van der Waals surface area contributed by atoms with Gasteiger partial charge >= 0.3 is 0 Å². The van der Waals surface area contributed by atoms with E-state index in [0.717, 1.165) is 32.4 Å². The highest BCUT2D eigenvalue weighted by Crippen LogP contribution is 2.42. The lowest BCUT2D eigenvalue weighted by atomic mass is 9.78. The van der Waals surface area contributed by atoms with Crippen molar-refractivity contribution in [3.05, 3.63) is 35.4 Å². The molecule has 5 nitrogen and oxygen atoms in total. The fourth-order valence-electron chi connectivity index (χ4n) is 4.42. The number of nitrogens with zero attached hydrogens (tertiary/aromatic N) is 2. The minimum absolute atomic E-state index is 0.0456. The van der Waals surface area contributed by atoms with Gasteiger partial charge in [-0.05, 0) is 57.1 Å². The van der Waals surface area contributed by atoms with E-state index in [9.17, 15) is 14.4 Å². The van der Waals surface area contributed by atoms with E-state index in [0.29, 0.717) is 30.1 Å². The summed E-state index contributed by atoms with van der Waals surface area (Å²) in [6.45, 7) is 4.40. The van der Waals surface area contributed by atoms with Crippen molar-refractivity contribution in [3.63, 3.8) is 0 Å². The molecule has 0 aromatic heterocycles. The molecule has 0 radical (unpaired) electrons. The number of benzene rings is 1. The fraction of sp³-hybridized carbons (Fsp3) is 0.571. The van der Waals surface area contributed by atoms with Crippen LogP contribution in [0.25, 0.3) is 0 Å². The predicted octanol–water partition coefficient (Wildman–Crippen LogP) is 2.75. The van der Waals surface area contributed by atoms with Gasteiger partial charge in [-0.3, -0.25) is 14.4 Å². The summed E-state index contributed by atoms with van der Waals surface area (Å²) in [5.74, 6) is 0.832. The summed E-state index contributed by atoms with van der Waals surface area (Å²) in [7, 11) is 0. The molecule has 1 unspecified atom stereocenters. The van der Waals surface area contributed by atoms with E-state index in [1.807, 2.05) is 4.90 Å². The third-order valence-electron chi connectivity index (χ3n) is 6.16. The van der Waals surface area contributed by atoms with Gasteiger partial charge in [0.05, 0.1) is 5.41 Å². The van der Waals surface area contributed by atoms with Gasteiger partial charge < -0.3 is 9.80 Å². The highest BCUT2D eigenvalue weighted by atomic mass is 16.2. The molecule has 1 atom stereocenters.